The molecule has 1 aliphatic heterocycles. The van der Waals surface area contributed by atoms with E-state index in [1.165, 1.54) is 24.1 Å². The molecule has 3 heteroatoms. The Labute approximate surface area is 123 Å². The van der Waals surface area contributed by atoms with Gasteiger partial charge < -0.3 is 10.2 Å². The number of rotatable bonds is 5. The predicted octanol–water partition coefficient (Wildman–Crippen LogP) is 3.35. The molecule has 3 nitrogen and oxygen atoms in total. The van der Waals surface area contributed by atoms with Gasteiger partial charge in [0.15, 0.2) is 0 Å². The Bertz CT molecular complexity index is 426. The lowest BCUT2D eigenvalue weighted by molar-refractivity contribution is 0.429. The first-order valence-electron chi connectivity index (χ1n) is 8.13. The van der Waals surface area contributed by atoms with Gasteiger partial charge >= 0.3 is 0 Å². The predicted molar refractivity (Wildman–Crippen MR) is 86.6 cm³/mol. The Kier molecular flexibility index (Phi) is 5.41. The molecule has 20 heavy (non-hydrogen) atoms. The molecule has 1 atom stereocenters. The van der Waals surface area contributed by atoms with E-state index in [9.17, 15) is 0 Å². The van der Waals surface area contributed by atoms with Gasteiger partial charge in [-0.15, -0.1) is 0 Å². The van der Waals surface area contributed by atoms with E-state index in [1.54, 1.807) is 0 Å². The molecule has 0 radical (unpaired) electrons. The highest BCUT2D eigenvalue weighted by Gasteiger charge is 2.20. The van der Waals surface area contributed by atoms with Crippen LogP contribution in [0.1, 0.15) is 57.7 Å². The molecule has 2 rings (SSSR count). The maximum Gasteiger partial charge on any atom is 0.128 e. The molecule has 1 aliphatic rings. The quantitative estimate of drug-likeness (QED) is 0.893. The average Bonchev–Trinajstić information content (AvgIpc) is 2.47. The van der Waals surface area contributed by atoms with Crippen molar-refractivity contribution in [2.45, 2.75) is 58.9 Å². The maximum atomic E-state index is 4.93. The summed E-state index contributed by atoms with van der Waals surface area (Å²) in [6.45, 7) is 12.2. The van der Waals surface area contributed by atoms with E-state index >= 15 is 0 Å². The zero-order valence-corrected chi connectivity index (χ0v) is 13.4. The Morgan fingerprint density at radius 2 is 2.15 bits per heavy atom. The fourth-order valence-corrected chi connectivity index (χ4v) is 3.06. The second kappa shape index (κ2) is 7.07. The topological polar surface area (TPSA) is 28.2 Å². The van der Waals surface area contributed by atoms with Crippen molar-refractivity contribution in [3.8, 4) is 0 Å². The molecule has 112 valence electrons. The molecule has 1 aromatic rings. The van der Waals surface area contributed by atoms with Gasteiger partial charge in [0.2, 0.25) is 0 Å². The summed E-state index contributed by atoms with van der Waals surface area (Å²) in [6.07, 6.45) is 3.51. The number of aryl methyl sites for hydroxylation is 1. The minimum atomic E-state index is 0.558. The van der Waals surface area contributed by atoms with Gasteiger partial charge in [-0.1, -0.05) is 40.2 Å². The first-order valence-corrected chi connectivity index (χ1v) is 8.13. The third-order valence-corrected chi connectivity index (χ3v) is 4.17. The van der Waals surface area contributed by atoms with Gasteiger partial charge in [0.25, 0.3) is 0 Å². The number of nitrogens with one attached hydrogen (secondary N) is 1. The summed E-state index contributed by atoms with van der Waals surface area (Å²) in [5.41, 5.74) is 2.67. The van der Waals surface area contributed by atoms with Crippen molar-refractivity contribution >= 4 is 5.82 Å². The van der Waals surface area contributed by atoms with Gasteiger partial charge in [-0.3, -0.25) is 0 Å². The van der Waals surface area contributed by atoms with Crippen molar-refractivity contribution in [1.29, 1.82) is 0 Å². The number of hydrogen-bond acceptors (Lipinski definition) is 3. The summed E-state index contributed by atoms with van der Waals surface area (Å²) >= 11 is 0. The van der Waals surface area contributed by atoms with Crippen molar-refractivity contribution in [1.82, 2.24) is 10.3 Å². The van der Waals surface area contributed by atoms with Crippen LogP contribution in [0.15, 0.2) is 12.1 Å². The van der Waals surface area contributed by atoms with E-state index in [0.29, 0.717) is 12.0 Å². The molecule has 0 amide bonds. The number of piperazine rings is 1. The van der Waals surface area contributed by atoms with Crippen LogP contribution in [0.4, 0.5) is 5.82 Å². The highest BCUT2D eigenvalue weighted by Crippen LogP contribution is 2.23. The third kappa shape index (κ3) is 3.51. The van der Waals surface area contributed by atoms with Gasteiger partial charge in [-0.2, -0.15) is 0 Å². The first-order chi connectivity index (χ1) is 9.65. The van der Waals surface area contributed by atoms with E-state index in [0.717, 1.165) is 31.9 Å². The molecular formula is C17H29N3. The van der Waals surface area contributed by atoms with Gasteiger partial charge in [0.1, 0.15) is 5.82 Å². The standard InChI is InChI=1S/C17H29N3/c1-5-7-14-12-20(11-10-18-14)17-9-8-15(13(3)4)16(6-2)19-17/h8-9,13-14,18H,5-7,10-12H2,1-4H3. The van der Waals surface area contributed by atoms with Crippen molar-refractivity contribution in [3.05, 3.63) is 23.4 Å². The molecule has 1 unspecified atom stereocenters. The number of pyridine rings is 1. The van der Waals surface area contributed by atoms with E-state index < -0.39 is 0 Å². The van der Waals surface area contributed by atoms with Crippen LogP contribution in [-0.4, -0.2) is 30.7 Å². The van der Waals surface area contributed by atoms with Crippen LogP contribution < -0.4 is 10.2 Å². The molecule has 0 aliphatic carbocycles. The zero-order chi connectivity index (χ0) is 14.5. The Morgan fingerprint density at radius 1 is 1.35 bits per heavy atom. The number of nitrogens with zero attached hydrogens (tertiary/aromatic N) is 2. The van der Waals surface area contributed by atoms with Crippen LogP contribution in [0.3, 0.4) is 0 Å². The summed E-state index contributed by atoms with van der Waals surface area (Å²) in [4.78, 5) is 7.37. The highest BCUT2D eigenvalue weighted by molar-refractivity contribution is 5.43. The SMILES string of the molecule is CCCC1CN(c2ccc(C(C)C)c(CC)n2)CCN1. The third-order valence-electron chi connectivity index (χ3n) is 4.17. The van der Waals surface area contributed by atoms with Gasteiger partial charge in [-0.05, 0) is 30.4 Å². The van der Waals surface area contributed by atoms with E-state index in [-0.39, 0.29) is 0 Å². The summed E-state index contributed by atoms with van der Waals surface area (Å²) in [5.74, 6) is 1.72. The van der Waals surface area contributed by atoms with Gasteiger partial charge in [-0.25, -0.2) is 4.98 Å². The molecule has 1 saturated heterocycles. The lowest BCUT2D eigenvalue weighted by Crippen LogP contribution is -2.51. The molecule has 1 N–H and O–H groups in total. The van der Waals surface area contributed by atoms with Crippen molar-refractivity contribution in [2.24, 2.45) is 0 Å². The van der Waals surface area contributed by atoms with E-state index in [2.05, 4.69) is 50.0 Å². The second-order valence-corrected chi connectivity index (χ2v) is 6.10. The zero-order valence-electron chi connectivity index (χ0n) is 13.4. The van der Waals surface area contributed by atoms with Gasteiger partial charge in [0.05, 0.1) is 0 Å². The molecule has 1 fully saturated rings. The number of hydrogen-bond donors (Lipinski definition) is 1. The summed E-state index contributed by atoms with van der Waals surface area (Å²) in [5, 5.41) is 3.61. The summed E-state index contributed by atoms with van der Waals surface area (Å²) in [7, 11) is 0. The van der Waals surface area contributed by atoms with Crippen molar-refractivity contribution < 1.29 is 0 Å². The second-order valence-electron chi connectivity index (χ2n) is 6.10. The minimum absolute atomic E-state index is 0.558. The number of anilines is 1. The Hall–Kier alpha value is -1.09. The average molecular weight is 275 g/mol. The largest absolute Gasteiger partial charge is 0.354 e. The monoisotopic (exact) mass is 275 g/mol. The van der Waals surface area contributed by atoms with E-state index in [1.807, 2.05) is 0 Å². The fourth-order valence-electron chi connectivity index (χ4n) is 3.06. The first kappa shape index (κ1) is 15.3. The summed E-state index contributed by atoms with van der Waals surface area (Å²) < 4.78 is 0. The maximum absolute atomic E-state index is 4.93. The molecule has 2 heterocycles. The lowest BCUT2D eigenvalue weighted by atomic mass is 10.00. The Balaban J connectivity index is 2.15. The minimum Gasteiger partial charge on any atom is -0.354 e. The van der Waals surface area contributed by atoms with Crippen LogP contribution in [0.25, 0.3) is 0 Å². The normalized spacial score (nSPS) is 19.6. The summed E-state index contributed by atoms with van der Waals surface area (Å²) in [6, 6.07) is 5.11. The molecule has 0 aromatic carbocycles. The lowest BCUT2D eigenvalue weighted by Gasteiger charge is -2.35. The molecule has 1 aromatic heterocycles. The molecular weight excluding hydrogens is 246 g/mol. The van der Waals surface area contributed by atoms with Crippen molar-refractivity contribution in [2.75, 3.05) is 24.5 Å². The smallest absolute Gasteiger partial charge is 0.128 e. The van der Waals surface area contributed by atoms with Crippen LogP contribution in [0.2, 0.25) is 0 Å². The van der Waals surface area contributed by atoms with Gasteiger partial charge in [0, 0.05) is 31.4 Å². The highest BCUT2D eigenvalue weighted by atomic mass is 15.2. The number of aromatic nitrogens is 1. The Morgan fingerprint density at radius 3 is 2.80 bits per heavy atom. The molecule has 0 saturated carbocycles. The molecule has 0 bridgehead atoms. The fraction of sp³-hybridized carbons (Fsp3) is 0.706. The van der Waals surface area contributed by atoms with Crippen LogP contribution in [0, 0.1) is 0 Å². The van der Waals surface area contributed by atoms with Crippen molar-refractivity contribution in [3.63, 3.8) is 0 Å². The van der Waals surface area contributed by atoms with Crippen LogP contribution in [-0.2, 0) is 6.42 Å². The van der Waals surface area contributed by atoms with E-state index in [4.69, 9.17) is 4.98 Å². The van der Waals surface area contributed by atoms with Crippen LogP contribution in [0.5, 0.6) is 0 Å². The van der Waals surface area contributed by atoms with Crippen LogP contribution >= 0.6 is 0 Å². The molecule has 0 spiro atoms.